The van der Waals surface area contributed by atoms with E-state index in [-0.39, 0.29) is 24.2 Å². The van der Waals surface area contributed by atoms with E-state index in [1.165, 1.54) is 30.5 Å². The third kappa shape index (κ3) is 5.51. The fourth-order valence-corrected chi connectivity index (χ4v) is 6.18. The van der Waals surface area contributed by atoms with Crippen molar-refractivity contribution in [2.75, 3.05) is 25.5 Å². The van der Waals surface area contributed by atoms with E-state index in [0.29, 0.717) is 22.7 Å². The van der Waals surface area contributed by atoms with Crippen LogP contribution in [0.3, 0.4) is 0 Å². The van der Waals surface area contributed by atoms with E-state index in [4.69, 9.17) is 0 Å². The Morgan fingerprint density at radius 2 is 1.59 bits per heavy atom. The van der Waals surface area contributed by atoms with Gasteiger partial charge in [-0.2, -0.15) is 0 Å². The molecule has 1 heterocycles. The molecule has 4 nitrogen and oxygen atoms in total. The molecule has 2 saturated carbocycles. The van der Waals surface area contributed by atoms with Crippen molar-refractivity contribution in [3.05, 3.63) is 54.6 Å². The zero-order valence-corrected chi connectivity index (χ0v) is 21.4. The number of nitrogens with zero attached hydrogens (tertiary/aromatic N) is 3. The molecule has 4 rings (SSSR count). The maximum atomic E-state index is 12.1. The third-order valence-electron chi connectivity index (χ3n) is 7.17. The molecule has 0 N–H and O–H groups in total. The van der Waals surface area contributed by atoms with Crippen LogP contribution in [-0.4, -0.2) is 36.3 Å². The van der Waals surface area contributed by atoms with Gasteiger partial charge in [-0.15, -0.1) is 12.4 Å². The fourth-order valence-electron chi connectivity index (χ4n) is 6.18. The van der Waals surface area contributed by atoms with Gasteiger partial charge in [0, 0.05) is 57.0 Å². The van der Waals surface area contributed by atoms with E-state index >= 15 is 0 Å². The standard InChI is InChI=1S/C27H39N3O.ClH/c1-26(2)16-21(17-27(3,4)19-26)22-9-7-8-10-24(22)30-13-11-29(12-14-30)18-20-15-23(20)25(31)28(5)6;/h7-14,20-21,23H,15-19H2,1-6H3;1H/t20-,23-;/m1./s1. The van der Waals surface area contributed by atoms with Gasteiger partial charge in [0.25, 0.3) is 0 Å². The molecule has 5 heteroatoms. The summed E-state index contributed by atoms with van der Waals surface area (Å²) in [6, 6.07) is 8.91. The van der Waals surface area contributed by atoms with Gasteiger partial charge in [0.1, 0.15) is 0 Å². The summed E-state index contributed by atoms with van der Waals surface area (Å²) in [6.45, 7) is 10.6. The largest absolute Gasteiger partial charge is 0.351 e. The molecule has 1 amide bonds. The van der Waals surface area contributed by atoms with Crippen LogP contribution in [0.1, 0.15) is 64.9 Å². The number of carbonyl (C=O) groups is 1. The van der Waals surface area contributed by atoms with E-state index in [1.54, 1.807) is 4.90 Å². The highest BCUT2D eigenvalue weighted by Crippen LogP contribution is 2.53. The number of anilines is 1. The molecule has 176 valence electrons. The second-order valence-corrected chi connectivity index (χ2v) is 11.7. The predicted molar refractivity (Wildman–Crippen MR) is 136 cm³/mol. The van der Waals surface area contributed by atoms with E-state index in [2.05, 4.69) is 86.6 Å². The van der Waals surface area contributed by atoms with Gasteiger partial charge >= 0.3 is 0 Å². The first kappa shape index (κ1) is 24.7. The van der Waals surface area contributed by atoms with E-state index in [9.17, 15) is 4.79 Å². The number of hydrogen-bond donors (Lipinski definition) is 0. The van der Waals surface area contributed by atoms with Crippen molar-refractivity contribution in [2.45, 2.75) is 59.3 Å². The number of carbonyl (C=O) groups excluding carboxylic acids is 1. The SMILES string of the molecule is CN(C)C(=O)[C@@H]1C[C@@H]1CN1C=CN(c2ccccc2C2CC(C)(C)CC(C)(C)C2)C=C1.Cl. The number of halogens is 1. The zero-order chi connectivity index (χ0) is 22.4. The number of hydrogen-bond acceptors (Lipinski definition) is 3. The van der Waals surface area contributed by atoms with Gasteiger partial charge < -0.3 is 14.7 Å². The lowest BCUT2D eigenvalue weighted by atomic mass is 9.60. The molecule has 2 atom stereocenters. The molecule has 1 aromatic rings. The highest BCUT2D eigenvalue weighted by molar-refractivity contribution is 5.85. The average Bonchev–Trinajstić information content (AvgIpc) is 3.44. The van der Waals surface area contributed by atoms with Crippen molar-refractivity contribution in [2.24, 2.45) is 22.7 Å². The molecule has 3 aliphatic rings. The van der Waals surface area contributed by atoms with E-state index in [0.717, 1.165) is 13.0 Å². The highest BCUT2D eigenvalue weighted by atomic mass is 35.5. The molecule has 1 aromatic carbocycles. The minimum Gasteiger partial charge on any atom is -0.351 e. The van der Waals surface area contributed by atoms with Crippen LogP contribution in [-0.2, 0) is 4.79 Å². The Labute approximate surface area is 200 Å². The van der Waals surface area contributed by atoms with Crippen LogP contribution in [0, 0.1) is 22.7 Å². The lowest BCUT2D eigenvalue weighted by Crippen LogP contribution is -2.33. The quantitative estimate of drug-likeness (QED) is 0.525. The summed E-state index contributed by atoms with van der Waals surface area (Å²) in [6.07, 6.45) is 13.4. The Hall–Kier alpha value is -1.94. The summed E-state index contributed by atoms with van der Waals surface area (Å²) < 4.78 is 0. The van der Waals surface area contributed by atoms with Crippen LogP contribution in [0.25, 0.3) is 0 Å². The molecule has 0 bridgehead atoms. The lowest BCUT2D eigenvalue weighted by molar-refractivity contribution is -0.130. The summed E-state index contributed by atoms with van der Waals surface area (Å²) in [5, 5.41) is 0. The molecule has 1 aliphatic heterocycles. The third-order valence-corrected chi connectivity index (χ3v) is 7.17. The molecule has 2 fully saturated rings. The number of benzene rings is 1. The van der Waals surface area contributed by atoms with Gasteiger partial charge in [0.05, 0.1) is 0 Å². The molecule has 32 heavy (non-hydrogen) atoms. The normalized spacial score (nSPS) is 25.9. The summed E-state index contributed by atoms with van der Waals surface area (Å²) in [4.78, 5) is 18.3. The second-order valence-electron chi connectivity index (χ2n) is 11.7. The van der Waals surface area contributed by atoms with Crippen LogP contribution in [0.5, 0.6) is 0 Å². The first-order valence-electron chi connectivity index (χ1n) is 11.8. The van der Waals surface area contributed by atoms with Crippen molar-refractivity contribution in [1.29, 1.82) is 0 Å². The average molecular weight is 458 g/mol. The van der Waals surface area contributed by atoms with Crippen LogP contribution in [0.15, 0.2) is 49.1 Å². The van der Waals surface area contributed by atoms with Crippen LogP contribution in [0.4, 0.5) is 5.69 Å². The minimum atomic E-state index is 0. The Bertz CT molecular complexity index is 859. The van der Waals surface area contributed by atoms with Gasteiger partial charge in [-0.25, -0.2) is 0 Å². The molecule has 0 aromatic heterocycles. The summed E-state index contributed by atoms with van der Waals surface area (Å²) >= 11 is 0. The monoisotopic (exact) mass is 457 g/mol. The topological polar surface area (TPSA) is 26.8 Å². The first-order chi connectivity index (χ1) is 14.5. The van der Waals surface area contributed by atoms with E-state index < -0.39 is 0 Å². The summed E-state index contributed by atoms with van der Waals surface area (Å²) in [7, 11) is 3.70. The Morgan fingerprint density at radius 1 is 1.00 bits per heavy atom. The molecule has 0 unspecified atom stereocenters. The predicted octanol–water partition coefficient (Wildman–Crippen LogP) is 6.22. The Kier molecular flexibility index (Phi) is 7.05. The first-order valence-corrected chi connectivity index (χ1v) is 11.8. The fraction of sp³-hybridized carbons (Fsp3) is 0.593. The second kappa shape index (κ2) is 9.13. The smallest absolute Gasteiger partial charge is 0.225 e. The molecule has 0 spiro atoms. The lowest BCUT2D eigenvalue weighted by Gasteiger charge is -2.46. The molecular formula is C27H40ClN3O. The summed E-state index contributed by atoms with van der Waals surface area (Å²) in [5.41, 5.74) is 3.49. The Balaban J connectivity index is 0.00000289. The van der Waals surface area contributed by atoms with Crippen molar-refractivity contribution in [3.8, 4) is 0 Å². The molecule has 2 aliphatic carbocycles. The van der Waals surface area contributed by atoms with E-state index in [1.807, 2.05) is 14.1 Å². The zero-order valence-electron chi connectivity index (χ0n) is 20.5. The maximum Gasteiger partial charge on any atom is 0.225 e. The van der Waals surface area contributed by atoms with Gasteiger partial charge in [0.15, 0.2) is 0 Å². The highest BCUT2D eigenvalue weighted by Gasteiger charge is 2.44. The minimum absolute atomic E-state index is 0. The van der Waals surface area contributed by atoms with Gasteiger partial charge in [-0.1, -0.05) is 45.9 Å². The van der Waals surface area contributed by atoms with Crippen LogP contribution < -0.4 is 4.90 Å². The number of amides is 1. The van der Waals surface area contributed by atoms with Gasteiger partial charge in [-0.3, -0.25) is 4.79 Å². The molecule has 0 saturated heterocycles. The van der Waals surface area contributed by atoms with Crippen molar-refractivity contribution in [1.82, 2.24) is 9.80 Å². The van der Waals surface area contributed by atoms with Crippen molar-refractivity contribution < 1.29 is 4.79 Å². The van der Waals surface area contributed by atoms with Crippen LogP contribution in [0.2, 0.25) is 0 Å². The number of rotatable bonds is 5. The number of para-hydroxylation sites is 1. The van der Waals surface area contributed by atoms with Crippen LogP contribution >= 0.6 is 12.4 Å². The summed E-state index contributed by atoms with van der Waals surface area (Å²) in [5.74, 6) is 1.52. The maximum absolute atomic E-state index is 12.1. The Morgan fingerprint density at radius 3 is 2.19 bits per heavy atom. The molecular weight excluding hydrogens is 418 g/mol. The van der Waals surface area contributed by atoms with Crippen molar-refractivity contribution >= 4 is 24.0 Å². The van der Waals surface area contributed by atoms with Gasteiger partial charge in [-0.05, 0) is 60.0 Å². The van der Waals surface area contributed by atoms with Gasteiger partial charge in [0.2, 0.25) is 5.91 Å². The van der Waals surface area contributed by atoms with Crippen molar-refractivity contribution in [3.63, 3.8) is 0 Å². The molecule has 0 radical (unpaired) electrons.